The minimum absolute atomic E-state index is 0.104. The van der Waals surface area contributed by atoms with Crippen LogP contribution in [-0.2, 0) is 14.3 Å². The summed E-state index contributed by atoms with van der Waals surface area (Å²) in [5.74, 6) is 5.70. The molecule has 2 N–H and O–H groups in total. The quantitative estimate of drug-likeness (QED) is 0.560. The second kappa shape index (κ2) is 9.76. The molecule has 4 fully saturated rings. The molecule has 1 heterocycles. The molecule has 7 nitrogen and oxygen atoms in total. The third kappa shape index (κ3) is 4.28. The van der Waals surface area contributed by atoms with Crippen LogP contribution < -0.4 is 5.32 Å². The van der Waals surface area contributed by atoms with Gasteiger partial charge in [-0.05, 0) is 83.3 Å². The Bertz CT molecular complexity index is 962. The van der Waals surface area contributed by atoms with E-state index in [1.807, 2.05) is 14.0 Å². The van der Waals surface area contributed by atoms with Crippen LogP contribution in [-0.4, -0.2) is 60.1 Å². The zero-order chi connectivity index (χ0) is 26.5. The Morgan fingerprint density at radius 2 is 1.81 bits per heavy atom. The number of piperidine rings is 1. The number of likely N-dealkylation sites (tertiary alicyclic amines) is 1. The first kappa shape index (κ1) is 27.1. The van der Waals surface area contributed by atoms with E-state index in [1.165, 1.54) is 0 Å². The number of aliphatic hydroxyl groups excluding tert-OH is 1. The van der Waals surface area contributed by atoms with Crippen LogP contribution in [0.5, 0.6) is 0 Å². The highest BCUT2D eigenvalue weighted by Gasteiger charge is 2.68. The summed E-state index contributed by atoms with van der Waals surface area (Å²) < 4.78 is 6.13. The molecule has 0 radical (unpaired) electrons. The third-order valence-electron chi connectivity index (χ3n) is 10.8. The van der Waals surface area contributed by atoms with Gasteiger partial charge in [0.05, 0.1) is 11.5 Å². The molecule has 4 rings (SSSR count). The van der Waals surface area contributed by atoms with Crippen LogP contribution in [0, 0.1) is 51.8 Å². The number of alkyl carbamates (subject to hydrolysis) is 1. The zero-order valence-electron chi connectivity index (χ0n) is 22.9. The molecule has 0 spiro atoms. The van der Waals surface area contributed by atoms with Crippen molar-refractivity contribution in [2.45, 2.75) is 91.8 Å². The maximum absolute atomic E-state index is 13.5. The van der Waals surface area contributed by atoms with Gasteiger partial charge in [-0.3, -0.25) is 14.9 Å². The lowest BCUT2D eigenvalue weighted by molar-refractivity contribution is -0.190. The van der Waals surface area contributed by atoms with Crippen molar-refractivity contribution in [2.75, 3.05) is 20.1 Å². The standard InChI is InChI=1S/C29H44N2O5/c1-7-12-27(4)17-22(36-26(35)30-25(34)20-10-15-31(6)16-11-20)28(5)18(2)8-13-29(19(3)24(27)33)14-9-21(32)23(28)29/h18-20,22-24,33H,8-11,13-17H2,1-6H3,(H,30,34,35)/t18-,19+,22-,23?,24+,27-,28+,29?/m1/s1. The van der Waals surface area contributed by atoms with Crippen LogP contribution in [0.4, 0.5) is 4.79 Å². The number of imide groups is 1. The second-order valence-electron chi connectivity index (χ2n) is 12.6. The number of ether oxygens (including phenoxy) is 1. The van der Waals surface area contributed by atoms with Gasteiger partial charge in [0.15, 0.2) is 0 Å². The summed E-state index contributed by atoms with van der Waals surface area (Å²) >= 11 is 0. The number of nitrogens with zero attached hydrogens (tertiary/aromatic N) is 1. The van der Waals surface area contributed by atoms with Gasteiger partial charge < -0.3 is 14.7 Å². The van der Waals surface area contributed by atoms with Gasteiger partial charge in [-0.15, -0.1) is 5.92 Å². The van der Waals surface area contributed by atoms with Crippen molar-refractivity contribution in [3.05, 3.63) is 0 Å². The van der Waals surface area contributed by atoms with Crippen LogP contribution in [0.15, 0.2) is 0 Å². The van der Waals surface area contributed by atoms with E-state index in [2.05, 4.69) is 42.8 Å². The highest BCUT2D eigenvalue weighted by atomic mass is 16.6. The lowest BCUT2D eigenvalue weighted by Crippen LogP contribution is -2.63. The Balaban J connectivity index is 1.67. The van der Waals surface area contributed by atoms with E-state index in [0.29, 0.717) is 25.7 Å². The van der Waals surface area contributed by atoms with E-state index in [-0.39, 0.29) is 40.8 Å². The molecule has 2 amide bonds. The Hall–Kier alpha value is -1.91. The molecular weight excluding hydrogens is 456 g/mol. The summed E-state index contributed by atoms with van der Waals surface area (Å²) in [4.78, 5) is 41.7. The number of carbonyl (C=O) groups is 3. The van der Waals surface area contributed by atoms with Gasteiger partial charge in [-0.25, -0.2) is 4.79 Å². The van der Waals surface area contributed by atoms with Crippen LogP contribution in [0.3, 0.4) is 0 Å². The van der Waals surface area contributed by atoms with Gasteiger partial charge >= 0.3 is 6.09 Å². The number of hydrogen-bond donors (Lipinski definition) is 2. The van der Waals surface area contributed by atoms with E-state index < -0.39 is 29.1 Å². The van der Waals surface area contributed by atoms with Crippen molar-refractivity contribution in [1.82, 2.24) is 10.2 Å². The molecule has 4 aliphatic rings. The highest BCUT2D eigenvalue weighted by molar-refractivity contribution is 5.93. The first-order valence-corrected chi connectivity index (χ1v) is 13.7. The predicted molar refractivity (Wildman–Crippen MR) is 137 cm³/mol. The number of aliphatic hydroxyl groups is 1. The molecule has 2 unspecified atom stereocenters. The molecule has 8 atom stereocenters. The van der Waals surface area contributed by atoms with Crippen LogP contribution in [0.25, 0.3) is 0 Å². The topological polar surface area (TPSA) is 95.9 Å². The summed E-state index contributed by atoms with van der Waals surface area (Å²) in [5, 5.41) is 14.2. The molecule has 2 bridgehead atoms. The third-order valence-corrected chi connectivity index (χ3v) is 10.8. The molecule has 0 aromatic carbocycles. The summed E-state index contributed by atoms with van der Waals surface area (Å²) in [5.41, 5.74) is -1.75. The maximum atomic E-state index is 13.5. The molecule has 0 aromatic heterocycles. The van der Waals surface area contributed by atoms with Gasteiger partial charge in [0.2, 0.25) is 5.91 Å². The van der Waals surface area contributed by atoms with Gasteiger partial charge in [0.1, 0.15) is 11.9 Å². The molecule has 200 valence electrons. The van der Waals surface area contributed by atoms with E-state index in [9.17, 15) is 19.5 Å². The fourth-order valence-corrected chi connectivity index (χ4v) is 8.31. The largest absolute Gasteiger partial charge is 0.445 e. The SMILES string of the molecule is CC#C[C@]1(C)C[C@@H](OC(=O)NC(=O)C2CCN(C)CC2)[C@@]2(C)C3C(=O)CCC3(CC[C@H]2C)[C@@H](C)[C@@H]1O. The van der Waals surface area contributed by atoms with Crippen molar-refractivity contribution in [3.8, 4) is 11.8 Å². The zero-order valence-corrected chi connectivity index (χ0v) is 22.9. The fraction of sp³-hybridized carbons (Fsp3) is 0.828. The number of carbonyl (C=O) groups excluding carboxylic acids is 3. The van der Waals surface area contributed by atoms with Crippen molar-refractivity contribution in [3.63, 3.8) is 0 Å². The Morgan fingerprint density at radius 3 is 2.44 bits per heavy atom. The smallest absolute Gasteiger partial charge is 0.414 e. The molecule has 3 saturated carbocycles. The summed E-state index contributed by atoms with van der Waals surface area (Å²) in [6.07, 6.45) is 2.59. The Labute approximate surface area is 216 Å². The Morgan fingerprint density at radius 1 is 1.14 bits per heavy atom. The van der Waals surface area contributed by atoms with Crippen molar-refractivity contribution < 1.29 is 24.2 Å². The number of rotatable bonds is 2. The van der Waals surface area contributed by atoms with Crippen LogP contribution in [0.1, 0.15) is 79.6 Å². The van der Waals surface area contributed by atoms with Gasteiger partial charge in [0, 0.05) is 30.1 Å². The van der Waals surface area contributed by atoms with Crippen molar-refractivity contribution in [1.29, 1.82) is 0 Å². The summed E-state index contributed by atoms with van der Waals surface area (Å²) in [6.45, 7) is 11.7. The molecule has 7 heteroatoms. The molecular formula is C29H44N2O5. The molecule has 36 heavy (non-hydrogen) atoms. The normalized spacial score (nSPS) is 43.4. The predicted octanol–water partition coefficient (Wildman–Crippen LogP) is 3.78. The van der Waals surface area contributed by atoms with Gasteiger partial charge in [-0.1, -0.05) is 26.7 Å². The number of ketones is 1. The lowest BCUT2D eigenvalue weighted by Gasteiger charge is -2.61. The average molecular weight is 501 g/mol. The van der Waals surface area contributed by atoms with Gasteiger partial charge in [-0.2, -0.15) is 0 Å². The molecule has 1 aliphatic heterocycles. The maximum Gasteiger partial charge on any atom is 0.414 e. The summed E-state index contributed by atoms with van der Waals surface area (Å²) in [6, 6.07) is 0. The first-order chi connectivity index (χ1) is 16.9. The van der Waals surface area contributed by atoms with E-state index in [0.717, 1.165) is 32.4 Å². The van der Waals surface area contributed by atoms with Crippen LogP contribution in [0.2, 0.25) is 0 Å². The lowest BCUT2D eigenvalue weighted by atomic mass is 9.44. The molecule has 0 aromatic rings. The number of hydrogen-bond acceptors (Lipinski definition) is 6. The minimum Gasteiger partial charge on any atom is -0.445 e. The highest BCUT2D eigenvalue weighted by Crippen LogP contribution is 2.67. The molecule has 3 aliphatic carbocycles. The van der Waals surface area contributed by atoms with E-state index in [4.69, 9.17) is 4.74 Å². The van der Waals surface area contributed by atoms with Gasteiger partial charge in [0.25, 0.3) is 0 Å². The Kier molecular flexibility index (Phi) is 7.36. The van der Waals surface area contributed by atoms with Crippen LogP contribution >= 0.6 is 0 Å². The van der Waals surface area contributed by atoms with Crippen molar-refractivity contribution >= 4 is 17.8 Å². The number of amides is 2. The first-order valence-electron chi connectivity index (χ1n) is 13.7. The fourth-order valence-electron chi connectivity index (χ4n) is 8.31. The number of nitrogens with one attached hydrogen (secondary N) is 1. The monoisotopic (exact) mass is 500 g/mol. The average Bonchev–Trinajstić information content (AvgIpc) is 3.18. The van der Waals surface area contributed by atoms with Crippen molar-refractivity contribution in [2.24, 2.45) is 39.9 Å². The van der Waals surface area contributed by atoms with E-state index >= 15 is 0 Å². The number of Topliss-reactive ketones (excluding diaryl/α,β-unsaturated/α-hetero) is 1. The minimum atomic E-state index is -0.807. The molecule has 1 saturated heterocycles. The summed E-state index contributed by atoms with van der Waals surface area (Å²) in [7, 11) is 2.03. The van der Waals surface area contributed by atoms with E-state index in [1.54, 1.807) is 6.92 Å². The second-order valence-corrected chi connectivity index (χ2v) is 12.6.